The van der Waals surface area contributed by atoms with Crippen LogP contribution in [0, 0.1) is 17.7 Å². The topological polar surface area (TPSA) is 54.4 Å². The van der Waals surface area contributed by atoms with Gasteiger partial charge in [-0.25, -0.2) is 9.18 Å². The van der Waals surface area contributed by atoms with Gasteiger partial charge in [-0.3, -0.25) is 4.79 Å². The quantitative estimate of drug-likeness (QED) is 0.398. The van der Waals surface area contributed by atoms with Crippen molar-refractivity contribution in [2.24, 2.45) is 11.8 Å². The van der Waals surface area contributed by atoms with Crippen LogP contribution in [-0.4, -0.2) is 16.9 Å². The fourth-order valence-electron chi connectivity index (χ4n) is 2.47. The van der Waals surface area contributed by atoms with Crippen LogP contribution in [0.15, 0.2) is 36.4 Å². The zero-order chi connectivity index (χ0) is 14.7. The summed E-state index contributed by atoms with van der Waals surface area (Å²) in [6.45, 7) is 3.09. The van der Waals surface area contributed by atoms with Gasteiger partial charge in [-0.15, -0.1) is 0 Å². The first-order valence-corrected chi connectivity index (χ1v) is 6.71. The molecule has 1 aromatic rings. The second-order valence-electron chi connectivity index (χ2n) is 5.30. The van der Waals surface area contributed by atoms with Gasteiger partial charge in [0.25, 0.3) is 0 Å². The van der Waals surface area contributed by atoms with Gasteiger partial charge in [0.1, 0.15) is 11.4 Å². The number of carboxylic acids is 1. The molecule has 2 aliphatic carbocycles. The van der Waals surface area contributed by atoms with Gasteiger partial charge >= 0.3 is 5.97 Å². The number of aliphatic carboxylic acids is 1. The van der Waals surface area contributed by atoms with Gasteiger partial charge in [-0.1, -0.05) is 18.7 Å². The lowest BCUT2D eigenvalue weighted by atomic mass is 9.60. The number of halogens is 1. The van der Waals surface area contributed by atoms with Gasteiger partial charge in [0.05, 0.1) is 0 Å². The van der Waals surface area contributed by atoms with Crippen molar-refractivity contribution in [1.29, 1.82) is 0 Å². The second kappa shape index (κ2) is 5.99. The Morgan fingerprint density at radius 2 is 1.70 bits per heavy atom. The number of fused-ring (bicyclic) bond motifs is 1. The molecular formula is C16H17FO3. The third-order valence-corrected chi connectivity index (χ3v) is 4.10. The highest BCUT2D eigenvalue weighted by atomic mass is 19.1. The third-order valence-electron chi connectivity index (χ3n) is 4.10. The first-order valence-electron chi connectivity index (χ1n) is 6.71. The van der Waals surface area contributed by atoms with E-state index >= 15 is 0 Å². The summed E-state index contributed by atoms with van der Waals surface area (Å²) in [4.78, 5) is 21.7. The number of carbonyl (C=O) groups is 2. The Morgan fingerprint density at radius 1 is 1.15 bits per heavy atom. The molecule has 3 rings (SSSR count). The molecule has 0 aliphatic heterocycles. The Balaban J connectivity index is 0.000000198. The van der Waals surface area contributed by atoms with Crippen LogP contribution in [0.1, 0.15) is 36.0 Å². The largest absolute Gasteiger partial charge is 0.478 e. The molecular weight excluding hydrogens is 259 g/mol. The maximum Gasteiger partial charge on any atom is 0.339 e. The third kappa shape index (κ3) is 3.13. The van der Waals surface area contributed by atoms with Gasteiger partial charge in [0, 0.05) is 5.56 Å². The van der Waals surface area contributed by atoms with E-state index in [2.05, 4.69) is 6.58 Å². The second-order valence-corrected chi connectivity index (χ2v) is 5.30. The van der Waals surface area contributed by atoms with Crippen molar-refractivity contribution < 1.29 is 19.1 Å². The predicted octanol–water partition coefficient (Wildman–Crippen LogP) is 3.46. The summed E-state index contributed by atoms with van der Waals surface area (Å²) in [5, 5.41) is 8.47. The van der Waals surface area contributed by atoms with Crippen molar-refractivity contribution in [2.75, 3.05) is 0 Å². The highest BCUT2D eigenvalue weighted by molar-refractivity contribution is 6.23. The van der Waals surface area contributed by atoms with Crippen LogP contribution in [0.3, 0.4) is 0 Å². The first-order chi connectivity index (χ1) is 9.49. The monoisotopic (exact) mass is 276 g/mol. The molecule has 0 atom stereocenters. The van der Waals surface area contributed by atoms with Crippen molar-refractivity contribution in [3.8, 4) is 0 Å². The molecule has 0 saturated heterocycles. The average molecular weight is 276 g/mol. The zero-order valence-corrected chi connectivity index (χ0v) is 11.1. The molecule has 2 fully saturated rings. The molecule has 2 saturated carbocycles. The standard InChI is InChI=1S/C10H7FO3.C6H10/c1-6(10(13)14)9(12)7-3-2-4-8(11)5-7;1-2-6-4-3-5(1)6/h2-5H,1H2,(H,13,14);5-6H,1-4H2. The number of benzene rings is 1. The van der Waals surface area contributed by atoms with Crippen LogP contribution < -0.4 is 0 Å². The molecule has 0 spiro atoms. The normalized spacial score (nSPS) is 22.2. The lowest BCUT2D eigenvalue weighted by Gasteiger charge is -2.46. The summed E-state index contributed by atoms with van der Waals surface area (Å²) in [6, 6.07) is 4.80. The van der Waals surface area contributed by atoms with Gasteiger partial charge in [0.2, 0.25) is 0 Å². The molecule has 1 aromatic carbocycles. The van der Waals surface area contributed by atoms with Crippen LogP contribution in [0.25, 0.3) is 0 Å². The van der Waals surface area contributed by atoms with Crippen molar-refractivity contribution in [1.82, 2.24) is 0 Å². The van der Waals surface area contributed by atoms with Crippen molar-refractivity contribution in [2.45, 2.75) is 25.7 Å². The van der Waals surface area contributed by atoms with E-state index < -0.39 is 23.1 Å². The van der Waals surface area contributed by atoms with Crippen molar-refractivity contribution in [3.63, 3.8) is 0 Å². The number of carbonyl (C=O) groups excluding carboxylic acids is 1. The molecule has 3 nitrogen and oxygen atoms in total. The van der Waals surface area contributed by atoms with E-state index in [0.29, 0.717) is 0 Å². The van der Waals surface area contributed by atoms with Crippen LogP contribution in [-0.2, 0) is 4.79 Å². The van der Waals surface area contributed by atoms with E-state index in [1.54, 1.807) is 25.7 Å². The SMILES string of the molecule is C1CC2CCC12.C=C(C(=O)O)C(=O)c1cccc(F)c1. The molecule has 20 heavy (non-hydrogen) atoms. The zero-order valence-electron chi connectivity index (χ0n) is 11.1. The van der Waals surface area contributed by atoms with Crippen LogP contribution >= 0.6 is 0 Å². The highest BCUT2D eigenvalue weighted by Crippen LogP contribution is 2.49. The molecule has 0 bridgehead atoms. The Labute approximate surface area is 117 Å². The molecule has 0 heterocycles. The Morgan fingerprint density at radius 3 is 2.05 bits per heavy atom. The minimum absolute atomic E-state index is 0.0163. The molecule has 2 aliphatic rings. The minimum Gasteiger partial charge on any atom is -0.478 e. The molecule has 0 radical (unpaired) electrons. The maximum atomic E-state index is 12.7. The average Bonchev–Trinajstić information content (AvgIpc) is 2.41. The fraction of sp³-hybridized carbons (Fsp3) is 0.375. The van der Waals surface area contributed by atoms with E-state index in [9.17, 15) is 14.0 Å². The van der Waals surface area contributed by atoms with Crippen LogP contribution in [0.4, 0.5) is 4.39 Å². The highest BCUT2D eigenvalue weighted by Gasteiger charge is 2.37. The summed E-state index contributed by atoms with van der Waals surface area (Å²) in [7, 11) is 0. The van der Waals surface area contributed by atoms with Gasteiger partial charge in [0.15, 0.2) is 5.78 Å². The van der Waals surface area contributed by atoms with Gasteiger partial charge in [-0.2, -0.15) is 0 Å². The van der Waals surface area contributed by atoms with E-state index in [0.717, 1.165) is 6.07 Å². The predicted molar refractivity (Wildman–Crippen MR) is 73.0 cm³/mol. The summed E-state index contributed by atoms with van der Waals surface area (Å²) < 4.78 is 12.7. The van der Waals surface area contributed by atoms with E-state index in [1.165, 1.54) is 30.0 Å². The number of carboxylic acid groups (broad SMARTS) is 1. The molecule has 0 amide bonds. The number of hydrogen-bond donors (Lipinski definition) is 1. The smallest absolute Gasteiger partial charge is 0.339 e. The summed E-state index contributed by atoms with van der Waals surface area (Å²) in [5.41, 5.74) is -0.590. The maximum absolute atomic E-state index is 12.7. The van der Waals surface area contributed by atoms with E-state index in [-0.39, 0.29) is 5.56 Å². The minimum atomic E-state index is -1.40. The summed E-state index contributed by atoms with van der Waals surface area (Å²) >= 11 is 0. The van der Waals surface area contributed by atoms with Gasteiger partial charge < -0.3 is 5.11 Å². The summed E-state index contributed by atoms with van der Waals surface area (Å²) in [6.07, 6.45) is 6.24. The Kier molecular flexibility index (Phi) is 4.32. The molecule has 4 heteroatoms. The van der Waals surface area contributed by atoms with Crippen LogP contribution in [0.2, 0.25) is 0 Å². The lowest BCUT2D eigenvalue weighted by molar-refractivity contribution is -0.132. The summed E-state index contributed by atoms with van der Waals surface area (Å²) in [5.74, 6) is -0.347. The molecule has 0 unspecified atom stereocenters. The lowest BCUT2D eigenvalue weighted by Crippen LogP contribution is -2.34. The van der Waals surface area contributed by atoms with Crippen LogP contribution in [0.5, 0.6) is 0 Å². The number of rotatable bonds is 3. The molecule has 1 N–H and O–H groups in total. The van der Waals surface area contributed by atoms with E-state index in [4.69, 9.17) is 5.11 Å². The van der Waals surface area contributed by atoms with Gasteiger partial charge in [-0.05, 0) is 49.7 Å². The Hall–Kier alpha value is -1.97. The Bertz CT molecular complexity index is 532. The number of hydrogen-bond acceptors (Lipinski definition) is 2. The number of ketones is 1. The van der Waals surface area contributed by atoms with Crippen molar-refractivity contribution >= 4 is 11.8 Å². The molecule has 106 valence electrons. The number of Topliss-reactive ketones (excluding diaryl/α,β-unsaturated/α-hetero) is 1. The first kappa shape index (κ1) is 14.4. The van der Waals surface area contributed by atoms with Crippen molar-refractivity contribution in [3.05, 3.63) is 47.8 Å². The van der Waals surface area contributed by atoms with E-state index in [1.807, 2.05) is 0 Å². The molecule has 0 aromatic heterocycles. The fourth-order valence-corrected chi connectivity index (χ4v) is 2.47.